The Labute approximate surface area is 157 Å². The number of fused-ring (bicyclic) bond motifs is 1. The van der Waals surface area contributed by atoms with E-state index in [0.717, 1.165) is 22.0 Å². The van der Waals surface area contributed by atoms with Gasteiger partial charge in [0, 0.05) is 10.9 Å². The third-order valence-electron chi connectivity index (χ3n) is 4.35. The average molecular weight is 367 g/mol. The van der Waals surface area contributed by atoms with Crippen LogP contribution in [-0.2, 0) is 4.74 Å². The molecule has 0 aliphatic carbocycles. The summed E-state index contributed by atoms with van der Waals surface area (Å²) in [6.45, 7) is 3.58. The number of aryl methyl sites for hydroxylation is 2. The van der Waals surface area contributed by atoms with Crippen molar-refractivity contribution in [3.8, 4) is 11.5 Å². The lowest BCUT2D eigenvalue weighted by Crippen LogP contribution is -2.15. The van der Waals surface area contributed by atoms with Crippen molar-refractivity contribution in [2.45, 2.75) is 13.8 Å². The molecule has 0 spiro atoms. The van der Waals surface area contributed by atoms with Crippen molar-refractivity contribution in [1.29, 1.82) is 0 Å². The minimum Gasteiger partial charge on any atom is -0.497 e. The molecule has 27 heavy (non-hydrogen) atoms. The van der Waals surface area contributed by atoms with Crippen molar-refractivity contribution < 1.29 is 23.8 Å². The molecule has 0 fully saturated rings. The number of aromatic nitrogens is 1. The highest BCUT2D eigenvalue weighted by Crippen LogP contribution is 2.25. The molecule has 0 radical (unpaired) electrons. The van der Waals surface area contributed by atoms with Crippen molar-refractivity contribution in [3.05, 3.63) is 58.8 Å². The highest BCUT2D eigenvalue weighted by Gasteiger charge is 2.18. The van der Waals surface area contributed by atoms with Crippen LogP contribution in [0.4, 0.5) is 0 Å². The number of rotatable bonds is 6. The highest BCUT2D eigenvalue weighted by molar-refractivity contribution is 6.02. The van der Waals surface area contributed by atoms with E-state index >= 15 is 0 Å². The largest absolute Gasteiger partial charge is 0.497 e. The van der Waals surface area contributed by atoms with Gasteiger partial charge in [-0.1, -0.05) is 6.07 Å². The second-order valence-corrected chi connectivity index (χ2v) is 6.29. The number of benzene rings is 2. The Kier molecular flexibility index (Phi) is 5.16. The molecule has 0 bridgehead atoms. The van der Waals surface area contributed by atoms with Gasteiger partial charge in [-0.2, -0.15) is 0 Å². The van der Waals surface area contributed by atoms with Crippen LogP contribution in [-0.4, -0.2) is 37.6 Å². The van der Waals surface area contributed by atoms with Crippen LogP contribution in [0.2, 0.25) is 0 Å². The standard InChI is InChI=1S/C21H21NO5/c1-12-7-13(2)15-10-18(22-17(15)8-12)21(24)27-11-19(23)16-9-14(25-3)5-6-20(16)26-4/h5-10,22H,11H2,1-4H3. The average Bonchev–Trinajstić information content (AvgIpc) is 3.09. The summed E-state index contributed by atoms with van der Waals surface area (Å²) >= 11 is 0. The van der Waals surface area contributed by atoms with Gasteiger partial charge in [0.15, 0.2) is 6.61 Å². The summed E-state index contributed by atoms with van der Waals surface area (Å²) in [6, 6.07) is 10.6. The lowest BCUT2D eigenvalue weighted by molar-refractivity contribution is 0.0469. The molecule has 3 rings (SSSR count). The topological polar surface area (TPSA) is 77.6 Å². The van der Waals surface area contributed by atoms with E-state index in [-0.39, 0.29) is 5.78 Å². The number of hydrogen-bond donors (Lipinski definition) is 1. The number of methoxy groups -OCH3 is 2. The third kappa shape index (κ3) is 3.79. The van der Waals surface area contributed by atoms with E-state index in [1.165, 1.54) is 14.2 Å². The molecule has 6 heteroatoms. The molecule has 0 unspecified atom stereocenters. The monoisotopic (exact) mass is 367 g/mol. The molecule has 1 heterocycles. The molecule has 0 saturated carbocycles. The van der Waals surface area contributed by atoms with Gasteiger partial charge in [0.25, 0.3) is 0 Å². The van der Waals surface area contributed by atoms with Crippen molar-refractivity contribution in [2.24, 2.45) is 0 Å². The third-order valence-corrected chi connectivity index (χ3v) is 4.35. The number of aromatic amines is 1. The van der Waals surface area contributed by atoms with E-state index in [1.807, 2.05) is 26.0 Å². The van der Waals surface area contributed by atoms with Gasteiger partial charge >= 0.3 is 5.97 Å². The lowest BCUT2D eigenvalue weighted by atomic mass is 10.1. The predicted octanol–water partition coefficient (Wildman–Crippen LogP) is 3.84. The van der Waals surface area contributed by atoms with Crippen LogP contribution < -0.4 is 9.47 Å². The Morgan fingerprint density at radius 1 is 1.00 bits per heavy atom. The fourth-order valence-electron chi connectivity index (χ4n) is 3.03. The molecule has 0 amide bonds. The maximum Gasteiger partial charge on any atom is 0.355 e. The first-order valence-electron chi connectivity index (χ1n) is 8.45. The molecule has 1 N–H and O–H groups in total. The normalized spacial score (nSPS) is 10.7. The van der Waals surface area contributed by atoms with Gasteiger partial charge in [0.2, 0.25) is 5.78 Å². The van der Waals surface area contributed by atoms with E-state index in [9.17, 15) is 9.59 Å². The fraction of sp³-hybridized carbons (Fsp3) is 0.238. The number of carbonyl (C=O) groups is 2. The van der Waals surface area contributed by atoms with Crippen LogP contribution in [0.5, 0.6) is 11.5 Å². The second kappa shape index (κ2) is 7.53. The summed E-state index contributed by atoms with van der Waals surface area (Å²) in [5.41, 5.74) is 3.64. The molecule has 2 aromatic carbocycles. The summed E-state index contributed by atoms with van der Waals surface area (Å²) in [5, 5.41) is 0.952. The number of Topliss-reactive ketones (excluding diaryl/α,β-unsaturated/α-hetero) is 1. The first-order valence-corrected chi connectivity index (χ1v) is 8.45. The zero-order valence-electron chi connectivity index (χ0n) is 15.7. The second-order valence-electron chi connectivity index (χ2n) is 6.29. The maximum atomic E-state index is 12.5. The summed E-state index contributed by atoms with van der Waals surface area (Å²) < 4.78 is 15.5. The quantitative estimate of drug-likeness (QED) is 0.529. The first-order chi connectivity index (χ1) is 12.9. The molecule has 0 aliphatic heterocycles. The zero-order chi connectivity index (χ0) is 19.6. The number of H-pyrrole nitrogens is 1. The van der Waals surface area contributed by atoms with Gasteiger partial charge in [-0.15, -0.1) is 0 Å². The smallest absolute Gasteiger partial charge is 0.355 e. The van der Waals surface area contributed by atoms with Crippen LogP contribution in [0.1, 0.15) is 32.0 Å². The van der Waals surface area contributed by atoms with E-state index in [4.69, 9.17) is 14.2 Å². The minimum absolute atomic E-state index is 0.299. The van der Waals surface area contributed by atoms with E-state index < -0.39 is 12.6 Å². The van der Waals surface area contributed by atoms with Crippen LogP contribution >= 0.6 is 0 Å². The number of carbonyl (C=O) groups excluding carboxylic acids is 2. The van der Waals surface area contributed by atoms with E-state index in [2.05, 4.69) is 4.98 Å². The van der Waals surface area contributed by atoms with Crippen molar-refractivity contribution in [3.63, 3.8) is 0 Å². The number of ketones is 1. The molecule has 140 valence electrons. The minimum atomic E-state index is -0.585. The Morgan fingerprint density at radius 2 is 1.78 bits per heavy atom. The van der Waals surface area contributed by atoms with Crippen LogP contribution in [0.3, 0.4) is 0 Å². The summed E-state index contributed by atoms with van der Waals surface area (Å²) in [7, 11) is 2.98. The summed E-state index contributed by atoms with van der Waals surface area (Å²) in [5.74, 6) is -0.0406. The molecular weight excluding hydrogens is 346 g/mol. The SMILES string of the molecule is COc1ccc(OC)c(C(=O)COC(=O)c2cc3c(C)cc(C)cc3[nH]2)c1. The van der Waals surface area contributed by atoms with Gasteiger partial charge in [0.1, 0.15) is 17.2 Å². The van der Waals surface area contributed by atoms with Crippen LogP contribution in [0.25, 0.3) is 10.9 Å². The summed E-state index contributed by atoms with van der Waals surface area (Å²) in [6.07, 6.45) is 0. The molecule has 0 atom stereocenters. The molecule has 0 aliphatic rings. The van der Waals surface area contributed by atoms with E-state index in [0.29, 0.717) is 22.8 Å². The van der Waals surface area contributed by atoms with Gasteiger partial charge in [-0.3, -0.25) is 4.79 Å². The fourth-order valence-corrected chi connectivity index (χ4v) is 3.03. The van der Waals surface area contributed by atoms with Crippen molar-refractivity contribution >= 4 is 22.7 Å². The van der Waals surface area contributed by atoms with Crippen LogP contribution in [0, 0.1) is 13.8 Å². The Hall–Kier alpha value is -3.28. The Morgan fingerprint density at radius 3 is 2.48 bits per heavy atom. The molecule has 3 aromatic rings. The van der Waals surface area contributed by atoms with Gasteiger partial charge in [-0.25, -0.2) is 4.79 Å². The molecular formula is C21H21NO5. The van der Waals surface area contributed by atoms with Crippen molar-refractivity contribution in [1.82, 2.24) is 4.98 Å². The summed E-state index contributed by atoms with van der Waals surface area (Å²) in [4.78, 5) is 27.9. The van der Waals surface area contributed by atoms with Crippen molar-refractivity contribution in [2.75, 3.05) is 20.8 Å². The van der Waals surface area contributed by atoms with Gasteiger partial charge < -0.3 is 19.2 Å². The number of ether oxygens (including phenoxy) is 3. The maximum absolute atomic E-state index is 12.5. The zero-order valence-corrected chi connectivity index (χ0v) is 15.7. The van der Waals surface area contributed by atoms with Gasteiger partial charge in [-0.05, 0) is 55.3 Å². The molecule has 0 saturated heterocycles. The predicted molar refractivity (Wildman–Crippen MR) is 102 cm³/mol. The van der Waals surface area contributed by atoms with Crippen LogP contribution in [0.15, 0.2) is 36.4 Å². The van der Waals surface area contributed by atoms with E-state index in [1.54, 1.807) is 24.3 Å². The Balaban J connectivity index is 1.76. The highest BCUT2D eigenvalue weighted by atomic mass is 16.5. The molecule has 1 aromatic heterocycles. The number of hydrogen-bond acceptors (Lipinski definition) is 5. The first kappa shape index (κ1) is 18.5. The molecule has 6 nitrogen and oxygen atoms in total. The number of esters is 1. The lowest BCUT2D eigenvalue weighted by Gasteiger charge is -2.09. The Bertz CT molecular complexity index is 1020. The number of nitrogens with one attached hydrogen (secondary N) is 1. The van der Waals surface area contributed by atoms with Gasteiger partial charge in [0.05, 0.1) is 19.8 Å².